The Balaban J connectivity index is 0.000000260. The lowest BCUT2D eigenvalue weighted by molar-refractivity contribution is -0.143. The van der Waals surface area contributed by atoms with Crippen molar-refractivity contribution in [3.05, 3.63) is 36.4 Å². The SMILES string of the molecule is O=C(O)CCC(=O)O.c1c[nH]c(C[C@H]2CC[C@@H](Cc3ncc[nH]3)CC2)n1. The van der Waals surface area contributed by atoms with Crippen molar-refractivity contribution in [1.82, 2.24) is 19.9 Å². The maximum absolute atomic E-state index is 9.64. The molecule has 142 valence electrons. The van der Waals surface area contributed by atoms with Crippen molar-refractivity contribution in [3.8, 4) is 0 Å². The molecule has 0 radical (unpaired) electrons. The fourth-order valence-corrected chi connectivity index (χ4v) is 3.22. The molecule has 8 nitrogen and oxygen atoms in total. The number of aliphatic carboxylic acids is 2. The van der Waals surface area contributed by atoms with Gasteiger partial charge in [0.1, 0.15) is 11.6 Å². The number of rotatable bonds is 7. The summed E-state index contributed by atoms with van der Waals surface area (Å²) in [5.74, 6) is 1.75. The van der Waals surface area contributed by atoms with Crippen LogP contribution in [0.15, 0.2) is 24.8 Å². The van der Waals surface area contributed by atoms with Gasteiger partial charge in [-0.05, 0) is 37.5 Å². The maximum atomic E-state index is 9.64. The molecule has 1 aliphatic carbocycles. The molecule has 0 bridgehead atoms. The lowest BCUT2D eigenvalue weighted by Crippen LogP contribution is -2.18. The Morgan fingerprint density at radius 2 is 1.23 bits per heavy atom. The van der Waals surface area contributed by atoms with E-state index in [9.17, 15) is 9.59 Å². The minimum absolute atomic E-state index is 0.296. The van der Waals surface area contributed by atoms with Gasteiger partial charge in [-0.2, -0.15) is 0 Å². The zero-order chi connectivity index (χ0) is 18.8. The summed E-state index contributed by atoms with van der Waals surface area (Å²) >= 11 is 0. The second-order valence-corrected chi connectivity index (χ2v) is 6.65. The summed E-state index contributed by atoms with van der Waals surface area (Å²) in [6, 6.07) is 0. The van der Waals surface area contributed by atoms with Crippen LogP contribution in [0.5, 0.6) is 0 Å². The Hall–Kier alpha value is -2.64. The van der Waals surface area contributed by atoms with E-state index in [1.807, 2.05) is 24.8 Å². The quantitative estimate of drug-likeness (QED) is 0.599. The smallest absolute Gasteiger partial charge is 0.303 e. The lowest BCUT2D eigenvalue weighted by atomic mass is 9.79. The summed E-state index contributed by atoms with van der Waals surface area (Å²) in [5, 5.41) is 15.8. The molecule has 0 amide bonds. The zero-order valence-electron chi connectivity index (χ0n) is 14.7. The number of aromatic nitrogens is 4. The number of carbonyl (C=O) groups is 2. The van der Waals surface area contributed by atoms with E-state index in [0.717, 1.165) is 36.3 Å². The Bertz CT molecular complexity index is 589. The van der Waals surface area contributed by atoms with E-state index in [1.54, 1.807) is 0 Å². The van der Waals surface area contributed by atoms with Crippen LogP contribution in [0, 0.1) is 11.8 Å². The number of hydrogen-bond acceptors (Lipinski definition) is 4. The predicted octanol–water partition coefficient (Wildman–Crippen LogP) is 2.66. The fourth-order valence-electron chi connectivity index (χ4n) is 3.22. The summed E-state index contributed by atoms with van der Waals surface area (Å²) < 4.78 is 0. The van der Waals surface area contributed by atoms with Gasteiger partial charge in [-0.15, -0.1) is 0 Å². The summed E-state index contributed by atoms with van der Waals surface area (Å²) in [7, 11) is 0. The number of nitrogens with zero attached hydrogens (tertiary/aromatic N) is 2. The standard InChI is InChI=1S/C14H20N4.C4H6O4/c1-2-12(10-14-17-7-8-18-14)4-3-11(1)9-13-15-5-6-16-13;5-3(6)1-2-4(7)8/h5-8,11-12H,1-4,9-10H2,(H,15,16)(H,17,18);1-2H2,(H,5,6)(H,7,8)/t11-,12+;. The van der Waals surface area contributed by atoms with E-state index < -0.39 is 11.9 Å². The first-order chi connectivity index (χ1) is 12.5. The molecule has 0 unspecified atom stereocenters. The van der Waals surface area contributed by atoms with Crippen LogP contribution in [-0.4, -0.2) is 42.1 Å². The third-order valence-corrected chi connectivity index (χ3v) is 4.59. The van der Waals surface area contributed by atoms with Crippen LogP contribution in [0.2, 0.25) is 0 Å². The van der Waals surface area contributed by atoms with Crippen molar-refractivity contribution >= 4 is 11.9 Å². The molecule has 2 heterocycles. The van der Waals surface area contributed by atoms with Gasteiger partial charge in [-0.3, -0.25) is 9.59 Å². The van der Waals surface area contributed by atoms with Crippen LogP contribution in [0.4, 0.5) is 0 Å². The number of imidazole rings is 2. The Kier molecular flexibility index (Phi) is 7.85. The van der Waals surface area contributed by atoms with Gasteiger partial charge in [0.2, 0.25) is 0 Å². The van der Waals surface area contributed by atoms with Crippen molar-refractivity contribution in [2.45, 2.75) is 51.4 Å². The maximum Gasteiger partial charge on any atom is 0.303 e. The van der Waals surface area contributed by atoms with Gasteiger partial charge < -0.3 is 20.2 Å². The third kappa shape index (κ3) is 7.50. The number of hydrogen-bond donors (Lipinski definition) is 4. The van der Waals surface area contributed by atoms with Crippen molar-refractivity contribution in [2.24, 2.45) is 11.8 Å². The molecule has 4 N–H and O–H groups in total. The largest absolute Gasteiger partial charge is 0.481 e. The molecule has 2 aromatic rings. The number of nitrogens with one attached hydrogen (secondary N) is 2. The molecule has 1 fully saturated rings. The predicted molar refractivity (Wildman–Crippen MR) is 94.5 cm³/mol. The van der Waals surface area contributed by atoms with Crippen LogP contribution < -0.4 is 0 Å². The highest BCUT2D eigenvalue weighted by atomic mass is 16.4. The van der Waals surface area contributed by atoms with E-state index in [1.165, 1.54) is 25.7 Å². The molecule has 2 aromatic heterocycles. The molecule has 8 heteroatoms. The van der Waals surface area contributed by atoms with Crippen LogP contribution in [-0.2, 0) is 22.4 Å². The van der Waals surface area contributed by atoms with Crippen molar-refractivity contribution < 1.29 is 19.8 Å². The van der Waals surface area contributed by atoms with Crippen LogP contribution >= 0.6 is 0 Å². The number of aromatic amines is 2. The van der Waals surface area contributed by atoms with Crippen molar-refractivity contribution in [3.63, 3.8) is 0 Å². The van der Waals surface area contributed by atoms with Gasteiger partial charge in [-0.25, -0.2) is 9.97 Å². The highest BCUT2D eigenvalue weighted by Crippen LogP contribution is 2.31. The molecular formula is C18H26N4O4. The number of carboxylic acid groups (broad SMARTS) is 2. The van der Waals surface area contributed by atoms with Gasteiger partial charge in [0, 0.05) is 37.6 Å². The molecule has 3 rings (SSSR count). The average molecular weight is 362 g/mol. The molecule has 1 saturated carbocycles. The van der Waals surface area contributed by atoms with E-state index in [4.69, 9.17) is 10.2 Å². The summed E-state index contributed by atoms with van der Waals surface area (Å²) in [5.41, 5.74) is 0. The monoisotopic (exact) mass is 362 g/mol. The minimum atomic E-state index is -1.08. The van der Waals surface area contributed by atoms with Crippen LogP contribution in [0.25, 0.3) is 0 Å². The summed E-state index contributed by atoms with van der Waals surface area (Å²) in [6.07, 6.45) is 14.5. The van der Waals surface area contributed by atoms with E-state index in [0.29, 0.717) is 0 Å². The number of carboxylic acids is 2. The normalized spacial score (nSPS) is 19.4. The van der Waals surface area contributed by atoms with Gasteiger partial charge in [0.05, 0.1) is 12.8 Å². The third-order valence-electron chi connectivity index (χ3n) is 4.59. The Morgan fingerprint density at radius 3 is 1.50 bits per heavy atom. The molecule has 0 atom stereocenters. The van der Waals surface area contributed by atoms with Gasteiger partial charge >= 0.3 is 11.9 Å². The lowest BCUT2D eigenvalue weighted by Gasteiger charge is -2.27. The highest BCUT2D eigenvalue weighted by molar-refractivity contribution is 5.75. The molecule has 1 aliphatic rings. The van der Waals surface area contributed by atoms with Crippen LogP contribution in [0.1, 0.15) is 50.2 Å². The minimum Gasteiger partial charge on any atom is -0.481 e. The van der Waals surface area contributed by atoms with Crippen molar-refractivity contribution in [1.29, 1.82) is 0 Å². The Morgan fingerprint density at radius 1 is 0.846 bits per heavy atom. The second kappa shape index (κ2) is 10.4. The molecule has 26 heavy (non-hydrogen) atoms. The van der Waals surface area contributed by atoms with E-state index in [-0.39, 0.29) is 12.8 Å². The summed E-state index contributed by atoms with van der Waals surface area (Å²) in [6.45, 7) is 0. The van der Waals surface area contributed by atoms with E-state index in [2.05, 4.69) is 19.9 Å². The molecule has 0 aromatic carbocycles. The Labute approximate surface area is 152 Å². The van der Waals surface area contributed by atoms with Gasteiger partial charge in [-0.1, -0.05) is 0 Å². The zero-order valence-corrected chi connectivity index (χ0v) is 14.7. The molecule has 0 saturated heterocycles. The van der Waals surface area contributed by atoms with Crippen molar-refractivity contribution in [2.75, 3.05) is 0 Å². The topological polar surface area (TPSA) is 132 Å². The molecule has 0 aliphatic heterocycles. The molecule has 0 spiro atoms. The average Bonchev–Trinajstić information content (AvgIpc) is 3.29. The van der Waals surface area contributed by atoms with Crippen LogP contribution in [0.3, 0.4) is 0 Å². The van der Waals surface area contributed by atoms with E-state index >= 15 is 0 Å². The first kappa shape index (κ1) is 19.7. The fraction of sp³-hybridized carbons (Fsp3) is 0.556. The molecular weight excluding hydrogens is 336 g/mol. The highest BCUT2D eigenvalue weighted by Gasteiger charge is 2.22. The first-order valence-electron chi connectivity index (χ1n) is 8.93. The number of H-pyrrole nitrogens is 2. The first-order valence-corrected chi connectivity index (χ1v) is 8.93. The second-order valence-electron chi connectivity index (χ2n) is 6.65. The summed E-state index contributed by atoms with van der Waals surface area (Å²) in [4.78, 5) is 34.3. The van der Waals surface area contributed by atoms with Gasteiger partial charge in [0.15, 0.2) is 0 Å². The van der Waals surface area contributed by atoms with Gasteiger partial charge in [0.25, 0.3) is 0 Å².